The van der Waals surface area contributed by atoms with Crippen LogP contribution in [0.1, 0.15) is 17.5 Å². The molecular weight excluding hydrogens is 446 g/mol. The molecule has 3 aromatic carbocycles. The SMILES string of the molecule is COc1cccc(CC(=O)N2CCc3ccc(NC4CC(=O)N(c5cccc(O)c5)C4=O)cc32)c1. The molecular formula is C27H25N3O5. The van der Waals surface area contributed by atoms with Crippen molar-refractivity contribution in [1.29, 1.82) is 0 Å². The average molecular weight is 472 g/mol. The van der Waals surface area contributed by atoms with Crippen molar-refractivity contribution in [1.82, 2.24) is 0 Å². The third-order valence-corrected chi connectivity index (χ3v) is 6.35. The Hall–Kier alpha value is -4.33. The molecule has 2 heterocycles. The number of ether oxygens (including phenoxy) is 1. The molecule has 1 fully saturated rings. The standard InChI is InChI=1S/C27H25N3O5/c1-35-22-7-2-4-17(12-22)13-25(32)29-11-10-18-8-9-19(14-24(18)29)28-23-16-26(33)30(27(23)34)20-5-3-6-21(31)15-20/h2-9,12,14-15,23,28,31H,10-11,13,16H2,1H3. The van der Waals surface area contributed by atoms with E-state index in [4.69, 9.17) is 4.74 Å². The van der Waals surface area contributed by atoms with Gasteiger partial charge in [0.05, 0.1) is 25.6 Å². The number of imide groups is 1. The van der Waals surface area contributed by atoms with Crippen LogP contribution in [-0.4, -0.2) is 42.5 Å². The predicted molar refractivity (Wildman–Crippen MR) is 132 cm³/mol. The molecule has 1 saturated heterocycles. The molecule has 1 atom stereocenters. The lowest BCUT2D eigenvalue weighted by Gasteiger charge is -2.20. The minimum absolute atomic E-state index is 0.00403. The van der Waals surface area contributed by atoms with Gasteiger partial charge in [0.15, 0.2) is 0 Å². The zero-order valence-corrected chi connectivity index (χ0v) is 19.2. The molecule has 2 aliphatic heterocycles. The summed E-state index contributed by atoms with van der Waals surface area (Å²) in [6.45, 7) is 0.591. The minimum Gasteiger partial charge on any atom is -0.508 e. The van der Waals surface area contributed by atoms with Gasteiger partial charge in [0.25, 0.3) is 5.91 Å². The van der Waals surface area contributed by atoms with E-state index >= 15 is 0 Å². The van der Waals surface area contributed by atoms with Crippen molar-refractivity contribution < 1.29 is 24.2 Å². The summed E-state index contributed by atoms with van der Waals surface area (Å²) in [5, 5.41) is 12.9. The molecule has 2 N–H and O–H groups in total. The van der Waals surface area contributed by atoms with Gasteiger partial charge >= 0.3 is 0 Å². The Morgan fingerprint density at radius 2 is 1.91 bits per heavy atom. The fourth-order valence-corrected chi connectivity index (χ4v) is 4.63. The number of phenols is 1. The van der Waals surface area contributed by atoms with Gasteiger partial charge in [-0.1, -0.05) is 24.3 Å². The second-order valence-corrected chi connectivity index (χ2v) is 8.66. The van der Waals surface area contributed by atoms with E-state index in [9.17, 15) is 19.5 Å². The van der Waals surface area contributed by atoms with Crippen molar-refractivity contribution in [3.05, 3.63) is 77.9 Å². The van der Waals surface area contributed by atoms with E-state index < -0.39 is 6.04 Å². The molecule has 0 aliphatic carbocycles. The molecule has 5 rings (SSSR count). The number of carbonyl (C=O) groups is 3. The summed E-state index contributed by atoms with van der Waals surface area (Å²) in [5.41, 5.74) is 3.75. The first kappa shape index (κ1) is 22.5. The Labute approximate surface area is 202 Å². The maximum atomic E-state index is 13.1. The maximum Gasteiger partial charge on any atom is 0.256 e. The van der Waals surface area contributed by atoms with E-state index in [1.165, 1.54) is 12.1 Å². The lowest BCUT2D eigenvalue weighted by atomic mass is 10.1. The highest BCUT2D eigenvalue weighted by molar-refractivity contribution is 6.23. The quantitative estimate of drug-likeness (QED) is 0.536. The third kappa shape index (κ3) is 4.42. The van der Waals surface area contributed by atoms with Gasteiger partial charge < -0.3 is 20.1 Å². The van der Waals surface area contributed by atoms with E-state index in [0.29, 0.717) is 23.7 Å². The van der Waals surface area contributed by atoms with Crippen LogP contribution in [0.25, 0.3) is 0 Å². The normalized spacial score (nSPS) is 17.0. The highest BCUT2D eigenvalue weighted by atomic mass is 16.5. The van der Waals surface area contributed by atoms with Crippen molar-refractivity contribution in [2.75, 3.05) is 28.8 Å². The summed E-state index contributed by atoms with van der Waals surface area (Å²) in [4.78, 5) is 41.5. The molecule has 35 heavy (non-hydrogen) atoms. The van der Waals surface area contributed by atoms with Crippen LogP contribution >= 0.6 is 0 Å². The average Bonchev–Trinajstić information content (AvgIpc) is 3.39. The van der Waals surface area contributed by atoms with E-state index in [1.807, 2.05) is 42.5 Å². The number of carbonyl (C=O) groups excluding carboxylic acids is 3. The summed E-state index contributed by atoms with van der Waals surface area (Å²) in [7, 11) is 1.60. The Morgan fingerprint density at radius 1 is 1.09 bits per heavy atom. The summed E-state index contributed by atoms with van der Waals surface area (Å²) < 4.78 is 5.25. The first-order valence-corrected chi connectivity index (χ1v) is 11.4. The zero-order chi connectivity index (χ0) is 24.5. The topological polar surface area (TPSA) is 99.2 Å². The van der Waals surface area contributed by atoms with Crippen LogP contribution in [0.4, 0.5) is 17.1 Å². The van der Waals surface area contributed by atoms with Crippen LogP contribution in [0.2, 0.25) is 0 Å². The molecule has 0 bridgehead atoms. The second-order valence-electron chi connectivity index (χ2n) is 8.66. The van der Waals surface area contributed by atoms with Crippen molar-refractivity contribution >= 4 is 34.8 Å². The second kappa shape index (κ2) is 9.13. The van der Waals surface area contributed by atoms with Crippen LogP contribution in [0.5, 0.6) is 11.5 Å². The Morgan fingerprint density at radius 3 is 2.71 bits per heavy atom. The van der Waals surface area contributed by atoms with E-state index in [-0.39, 0.29) is 36.3 Å². The molecule has 0 radical (unpaired) electrons. The molecule has 1 unspecified atom stereocenters. The number of methoxy groups -OCH3 is 1. The Kier molecular flexibility index (Phi) is 5.86. The third-order valence-electron chi connectivity index (χ3n) is 6.35. The number of amides is 3. The highest BCUT2D eigenvalue weighted by Crippen LogP contribution is 2.33. The monoisotopic (exact) mass is 471 g/mol. The first-order chi connectivity index (χ1) is 16.9. The van der Waals surface area contributed by atoms with Crippen molar-refractivity contribution in [3.63, 3.8) is 0 Å². The molecule has 8 nitrogen and oxygen atoms in total. The van der Waals surface area contributed by atoms with Gasteiger partial charge in [-0.25, -0.2) is 4.90 Å². The number of hydrogen-bond donors (Lipinski definition) is 2. The molecule has 8 heteroatoms. The maximum absolute atomic E-state index is 13.1. The summed E-state index contributed by atoms with van der Waals surface area (Å²) in [6, 6.07) is 18.5. The molecule has 2 aliphatic rings. The lowest BCUT2D eigenvalue weighted by Crippen LogP contribution is -2.34. The van der Waals surface area contributed by atoms with Gasteiger partial charge in [0.2, 0.25) is 11.8 Å². The van der Waals surface area contributed by atoms with Gasteiger partial charge in [-0.15, -0.1) is 0 Å². The molecule has 178 valence electrons. The van der Waals surface area contributed by atoms with Crippen molar-refractivity contribution in [2.45, 2.75) is 25.3 Å². The van der Waals surface area contributed by atoms with Gasteiger partial charge in [-0.05, 0) is 53.9 Å². The molecule has 0 aromatic heterocycles. The number of rotatable bonds is 6. The molecule has 0 spiro atoms. The largest absolute Gasteiger partial charge is 0.508 e. The van der Waals surface area contributed by atoms with Gasteiger partial charge in [-0.3, -0.25) is 14.4 Å². The number of nitrogens with zero attached hydrogens (tertiary/aromatic N) is 2. The number of anilines is 3. The van der Waals surface area contributed by atoms with Crippen LogP contribution < -0.4 is 19.9 Å². The number of fused-ring (bicyclic) bond motifs is 1. The highest BCUT2D eigenvalue weighted by Gasteiger charge is 2.40. The van der Waals surface area contributed by atoms with Gasteiger partial charge in [-0.2, -0.15) is 0 Å². The number of phenolic OH excluding ortho intramolecular Hbond substituents is 1. The number of hydrogen-bond acceptors (Lipinski definition) is 6. The van der Waals surface area contributed by atoms with E-state index in [2.05, 4.69) is 5.32 Å². The fourth-order valence-electron chi connectivity index (χ4n) is 4.63. The number of nitrogens with one attached hydrogen (secondary N) is 1. The predicted octanol–water partition coefficient (Wildman–Crippen LogP) is 3.28. The van der Waals surface area contributed by atoms with Crippen LogP contribution in [0.15, 0.2) is 66.7 Å². The van der Waals surface area contributed by atoms with Crippen molar-refractivity contribution in [2.24, 2.45) is 0 Å². The van der Waals surface area contributed by atoms with Crippen LogP contribution in [-0.2, 0) is 27.2 Å². The number of aromatic hydroxyl groups is 1. The minimum atomic E-state index is -0.731. The zero-order valence-electron chi connectivity index (χ0n) is 19.2. The smallest absolute Gasteiger partial charge is 0.256 e. The summed E-state index contributed by atoms with van der Waals surface area (Å²) >= 11 is 0. The molecule has 0 saturated carbocycles. The first-order valence-electron chi connectivity index (χ1n) is 11.4. The summed E-state index contributed by atoms with van der Waals surface area (Å²) in [6.07, 6.45) is 1.01. The molecule has 3 aromatic rings. The van der Waals surface area contributed by atoms with Gasteiger partial charge in [0, 0.05) is 24.0 Å². The van der Waals surface area contributed by atoms with Gasteiger partial charge in [0.1, 0.15) is 17.5 Å². The fraction of sp³-hybridized carbons (Fsp3) is 0.222. The Balaban J connectivity index is 1.31. The Bertz CT molecular complexity index is 1320. The van der Waals surface area contributed by atoms with Crippen LogP contribution in [0, 0.1) is 0 Å². The number of benzene rings is 3. The molecule has 3 amide bonds. The summed E-state index contributed by atoms with van der Waals surface area (Å²) in [5.74, 6) is -0.0475. The lowest BCUT2D eigenvalue weighted by molar-refractivity contribution is -0.121. The van der Waals surface area contributed by atoms with Crippen LogP contribution in [0.3, 0.4) is 0 Å². The van der Waals surface area contributed by atoms with E-state index in [0.717, 1.165) is 28.1 Å². The van der Waals surface area contributed by atoms with Crippen molar-refractivity contribution in [3.8, 4) is 11.5 Å². The van der Waals surface area contributed by atoms with E-state index in [1.54, 1.807) is 24.1 Å².